The Morgan fingerprint density at radius 1 is 1.64 bits per heavy atom. The molecule has 3 nitrogen and oxygen atoms in total. The summed E-state index contributed by atoms with van der Waals surface area (Å²) in [6, 6.07) is 0. The van der Waals surface area contributed by atoms with Gasteiger partial charge in [0.25, 0.3) is 0 Å². The third kappa shape index (κ3) is 8.71. The molecule has 0 amide bonds. The number of carbonyl (C=O) groups excluding carboxylic acids is 1. The molecule has 0 saturated carbocycles. The minimum absolute atomic E-state index is 0. The largest absolute Gasteiger partial charge is 0.462 e. The number of aliphatic hydroxyl groups is 1. The Balaban J connectivity index is 0. The SMILES string of the molecule is C=C(C)C(=O)OCCCO.[K]. The first-order valence-corrected chi connectivity index (χ1v) is 3.12. The molecule has 0 fully saturated rings. The van der Waals surface area contributed by atoms with Gasteiger partial charge in [-0.25, -0.2) is 4.79 Å². The van der Waals surface area contributed by atoms with E-state index >= 15 is 0 Å². The Morgan fingerprint density at radius 3 is 2.55 bits per heavy atom. The van der Waals surface area contributed by atoms with Gasteiger partial charge in [0.15, 0.2) is 0 Å². The molecule has 0 rings (SSSR count). The number of esters is 1. The van der Waals surface area contributed by atoms with Gasteiger partial charge in [0.1, 0.15) is 0 Å². The molecule has 0 heterocycles. The van der Waals surface area contributed by atoms with Gasteiger partial charge in [-0.15, -0.1) is 0 Å². The summed E-state index contributed by atoms with van der Waals surface area (Å²) >= 11 is 0. The molecule has 4 heteroatoms. The van der Waals surface area contributed by atoms with Gasteiger partial charge in [-0.05, 0) is 6.92 Å². The standard InChI is InChI=1S/C7H12O3.K/c1-6(2)7(9)10-5-3-4-8;/h8H,1,3-5H2,2H3;. The van der Waals surface area contributed by atoms with E-state index in [0.717, 1.165) is 0 Å². The normalized spacial score (nSPS) is 8.18. The van der Waals surface area contributed by atoms with Crippen LogP contribution < -0.4 is 0 Å². The van der Waals surface area contributed by atoms with Crippen molar-refractivity contribution in [2.45, 2.75) is 13.3 Å². The maximum atomic E-state index is 10.6. The first-order chi connectivity index (χ1) is 4.68. The van der Waals surface area contributed by atoms with E-state index in [0.29, 0.717) is 12.0 Å². The second kappa shape index (κ2) is 8.90. The van der Waals surface area contributed by atoms with Crippen LogP contribution in [0.25, 0.3) is 0 Å². The van der Waals surface area contributed by atoms with E-state index in [9.17, 15) is 4.79 Å². The number of carbonyl (C=O) groups is 1. The third-order valence-electron chi connectivity index (χ3n) is 0.884. The third-order valence-corrected chi connectivity index (χ3v) is 0.884. The second-order valence-corrected chi connectivity index (χ2v) is 1.99. The Bertz CT molecular complexity index is 134. The van der Waals surface area contributed by atoms with Gasteiger partial charge in [-0.1, -0.05) is 6.58 Å². The minimum atomic E-state index is -0.395. The number of rotatable bonds is 4. The van der Waals surface area contributed by atoms with Gasteiger partial charge >= 0.3 is 5.97 Å². The molecule has 11 heavy (non-hydrogen) atoms. The monoisotopic (exact) mass is 183 g/mol. The summed E-state index contributed by atoms with van der Waals surface area (Å²) in [6.07, 6.45) is 0.485. The first-order valence-electron chi connectivity index (χ1n) is 3.12. The summed E-state index contributed by atoms with van der Waals surface area (Å²) in [6.45, 7) is 5.29. The van der Waals surface area contributed by atoms with Crippen molar-refractivity contribution in [1.29, 1.82) is 0 Å². The van der Waals surface area contributed by atoms with Crippen molar-refractivity contribution >= 4 is 57.4 Å². The van der Waals surface area contributed by atoms with Crippen molar-refractivity contribution < 1.29 is 14.6 Å². The number of hydrogen-bond donors (Lipinski definition) is 1. The summed E-state index contributed by atoms with van der Waals surface area (Å²) in [5.74, 6) is -0.395. The summed E-state index contributed by atoms with van der Waals surface area (Å²) in [4.78, 5) is 10.6. The molecule has 0 saturated heterocycles. The zero-order valence-corrected chi connectivity index (χ0v) is 10.2. The average Bonchev–Trinajstić information content (AvgIpc) is 1.88. The molecule has 0 unspecified atom stereocenters. The topological polar surface area (TPSA) is 46.5 Å². The van der Waals surface area contributed by atoms with Crippen LogP contribution >= 0.6 is 0 Å². The van der Waals surface area contributed by atoms with Crippen molar-refractivity contribution in [1.82, 2.24) is 0 Å². The smallest absolute Gasteiger partial charge is 0.333 e. The Kier molecular flexibility index (Phi) is 11.6. The molecular weight excluding hydrogens is 171 g/mol. The Morgan fingerprint density at radius 2 is 2.18 bits per heavy atom. The predicted molar refractivity (Wildman–Crippen MR) is 43.2 cm³/mol. The van der Waals surface area contributed by atoms with Gasteiger partial charge in [-0.2, -0.15) is 0 Å². The summed E-state index contributed by atoms with van der Waals surface area (Å²) < 4.78 is 4.65. The van der Waals surface area contributed by atoms with Crippen LogP contribution in [0, 0.1) is 0 Å². The van der Waals surface area contributed by atoms with Gasteiger partial charge in [-0.3, -0.25) is 0 Å². The quantitative estimate of drug-likeness (QED) is 0.291. The molecule has 0 spiro atoms. The minimum Gasteiger partial charge on any atom is -0.462 e. The van der Waals surface area contributed by atoms with Crippen LogP contribution in [-0.4, -0.2) is 75.7 Å². The maximum absolute atomic E-state index is 10.6. The molecule has 0 aromatic heterocycles. The summed E-state index contributed by atoms with van der Waals surface area (Å²) in [5, 5.41) is 8.30. The molecule has 0 aliphatic carbocycles. The van der Waals surface area contributed by atoms with Crippen molar-refractivity contribution in [2.24, 2.45) is 0 Å². The zero-order chi connectivity index (χ0) is 7.98. The molecular formula is C7H12KO3. The van der Waals surface area contributed by atoms with Crippen LogP contribution in [0.4, 0.5) is 0 Å². The first kappa shape index (κ1) is 14.3. The molecule has 0 bridgehead atoms. The molecule has 0 atom stereocenters. The predicted octanol–water partition coefficient (Wildman–Crippen LogP) is 0.107. The van der Waals surface area contributed by atoms with Crippen LogP contribution in [0.1, 0.15) is 13.3 Å². The van der Waals surface area contributed by atoms with E-state index in [4.69, 9.17) is 5.11 Å². The fraction of sp³-hybridized carbons (Fsp3) is 0.571. The maximum Gasteiger partial charge on any atom is 0.333 e. The average molecular weight is 183 g/mol. The summed E-state index contributed by atoms with van der Waals surface area (Å²) in [5.41, 5.74) is 0.387. The number of ether oxygens (including phenoxy) is 1. The molecule has 1 radical (unpaired) electrons. The second-order valence-electron chi connectivity index (χ2n) is 1.99. The molecule has 59 valence electrons. The zero-order valence-electron chi connectivity index (χ0n) is 7.09. The fourth-order valence-corrected chi connectivity index (χ4v) is 0.353. The van der Waals surface area contributed by atoms with Gasteiger partial charge in [0, 0.05) is 70.0 Å². The summed E-state index contributed by atoms with van der Waals surface area (Å²) in [7, 11) is 0. The Hall–Kier alpha value is 0.806. The van der Waals surface area contributed by atoms with E-state index in [-0.39, 0.29) is 64.6 Å². The van der Waals surface area contributed by atoms with E-state index in [1.807, 2.05) is 0 Å². The van der Waals surface area contributed by atoms with Crippen LogP contribution in [0.5, 0.6) is 0 Å². The van der Waals surface area contributed by atoms with Crippen LogP contribution in [0.15, 0.2) is 12.2 Å². The van der Waals surface area contributed by atoms with Gasteiger partial charge in [0.2, 0.25) is 0 Å². The molecule has 0 aliphatic heterocycles. The molecule has 0 aliphatic rings. The molecule has 0 aromatic rings. The van der Waals surface area contributed by atoms with E-state index in [1.54, 1.807) is 6.92 Å². The van der Waals surface area contributed by atoms with Crippen LogP contribution in [-0.2, 0) is 9.53 Å². The van der Waals surface area contributed by atoms with Crippen molar-refractivity contribution in [3.8, 4) is 0 Å². The molecule has 1 N–H and O–H groups in total. The van der Waals surface area contributed by atoms with Gasteiger partial charge < -0.3 is 9.84 Å². The number of hydrogen-bond acceptors (Lipinski definition) is 3. The molecule has 0 aromatic carbocycles. The fourth-order valence-electron chi connectivity index (χ4n) is 0.353. The number of aliphatic hydroxyl groups excluding tert-OH is 1. The van der Waals surface area contributed by atoms with Crippen molar-refractivity contribution in [3.63, 3.8) is 0 Å². The van der Waals surface area contributed by atoms with Crippen LogP contribution in [0.2, 0.25) is 0 Å². The van der Waals surface area contributed by atoms with Crippen molar-refractivity contribution in [3.05, 3.63) is 12.2 Å². The van der Waals surface area contributed by atoms with E-state index in [1.165, 1.54) is 0 Å². The van der Waals surface area contributed by atoms with Crippen molar-refractivity contribution in [2.75, 3.05) is 13.2 Å². The van der Waals surface area contributed by atoms with Crippen LogP contribution in [0.3, 0.4) is 0 Å². The van der Waals surface area contributed by atoms with Gasteiger partial charge in [0.05, 0.1) is 6.61 Å². The van der Waals surface area contributed by atoms with E-state index in [2.05, 4.69) is 11.3 Å². The Labute approximate surface area is 109 Å². The van der Waals surface area contributed by atoms with E-state index < -0.39 is 5.97 Å².